The van der Waals surface area contributed by atoms with Crippen LogP contribution in [-0.4, -0.2) is 40.4 Å². The summed E-state index contributed by atoms with van der Waals surface area (Å²) in [6.07, 6.45) is 2.83. The second kappa shape index (κ2) is 7.11. The van der Waals surface area contributed by atoms with Crippen LogP contribution in [0.5, 0.6) is 0 Å². The van der Waals surface area contributed by atoms with Crippen LogP contribution in [0.3, 0.4) is 0 Å². The Morgan fingerprint density at radius 1 is 1.38 bits per heavy atom. The van der Waals surface area contributed by atoms with E-state index in [0.29, 0.717) is 5.69 Å². The van der Waals surface area contributed by atoms with Crippen LogP contribution in [0.15, 0.2) is 16.7 Å². The third kappa shape index (κ3) is 5.53. The van der Waals surface area contributed by atoms with E-state index in [1.165, 1.54) is 4.90 Å². The zero-order chi connectivity index (χ0) is 16.2. The molecule has 0 radical (unpaired) electrons. The second-order valence-corrected chi connectivity index (χ2v) is 7.11. The molecule has 0 unspecified atom stereocenters. The number of aryl methyl sites for hydroxylation is 1. The van der Waals surface area contributed by atoms with Crippen molar-refractivity contribution in [2.24, 2.45) is 0 Å². The highest BCUT2D eigenvalue weighted by atomic mass is 79.9. The summed E-state index contributed by atoms with van der Waals surface area (Å²) in [5.41, 5.74) is 0.293. The van der Waals surface area contributed by atoms with Gasteiger partial charge in [0.1, 0.15) is 5.69 Å². The van der Waals surface area contributed by atoms with Crippen molar-refractivity contribution < 1.29 is 9.59 Å². The van der Waals surface area contributed by atoms with Crippen molar-refractivity contribution in [3.05, 3.63) is 22.4 Å². The van der Waals surface area contributed by atoms with E-state index in [1.807, 2.05) is 31.5 Å². The molecule has 0 aliphatic carbocycles. The van der Waals surface area contributed by atoms with Crippen LogP contribution in [0, 0.1) is 0 Å². The quantitative estimate of drug-likeness (QED) is 0.880. The van der Waals surface area contributed by atoms with Gasteiger partial charge in [-0.25, -0.2) is 0 Å². The van der Waals surface area contributed by atoms with Crippen molar-refractivity contribution in [3.8, 4) is 0 Å². The Morgan fingerprint density at radius 2 is 2.00 bits per heavy atom. The number of nitrogens with one attached hydrogen (secondary N) is 1. The van der Waals surface area contributed by atoms with E-state index < -0.39 is 0 Å². The third-order valence-electron chi connectivity index (χ3n) is 2.79. The van der Waals surface area contributed by atoms with Gasteiger partial charge in [0.2, 0.25) is 5.91 Å². The highest BCUT2D eigenvalue weighted by molar-refractivity contribution is 9.10. The second-order valence-electron chi connectivity index (χ2n) is 6.20. The molecule has 0 saturated carbocycles. The van der Waals surface area contributed by atoms with E-state index in [0.717, 1.165) is 17.4 Å². The van der Waals surface area contributed by atoms with Crippen LogP contribution in [0.2, 0.25) is 0 Å². The maximum Gasteiger partial charge on any atom is 0.270 e. The predicted molar refractivity (Wildman–Crippen MR) is 87.3 cm³/mol. The molecular formula is C15H24BrN3O2. The molecule has 0 aliphatic rings. The van der Waals surface area contributed by atoms with Gasteiger partial charge in [-0.3, -0.25) is 9.59 Å². The van der Waals surface area contributed by atoms with Crippen LogP contribution >= 0.6 is 15.9 Å². The molecule has 0 saturated heterocycles. The summed E-state index contributed by atoms with van der Waals surface area (Å²) in [5.74, 6) is -0.316. The maximum absolute atomic E-state index is 12.5. The van der Waals surface area contributed by atoms with Gasteiger partial charge in [-0.1, -0.05) is 6.92 Å². The van der Waals surface area contributed by atoms with Gasteiger partial charge < -0.3 is 14.8 Å². The molecule has 1 aromatic heterocycles. The molecule has 1 rings (SSSR count). The lowest BCUT2D eigenvalue weighted by molar-refractivity contribution is -0.122. The van der Waals surface area contributed by atoms with Crippen molar-refractivity contribution in [1.29, 1.82) is 0 Å². The summed E-state index contributed by atoms with van der Waals surface area (Å²) in [5, 5.41) is 2.85. The van der Waals surface area contributed by atoms with E-state index in [9.17, 15) is 9.59 Å². The number of aromatic nitrogens is 1. The van der Waals surface area contributed by atoms with Crippen molar-refractivity contribution in [3.63, 3.8) is 0 Å². The zero-order valence-electron chi connectivity index (χ0n) is 13.4. The molecule has 0 aromatic carbocycles. The molecule has 1 N–H and O–H groups in total. The number of carbonyl (C=O) groups excluding carboxylic acids is 2. The molecule has 0 bridgehead atoms. The van der Waals surface area contributed by atoms with Gasteiger partial charge in [-0.15, -0.1) is 0 Å². The summed E-state index contributed by atoms with van der Waals surface area (Å²) in [4.78, 5) is 25.8. The minimum atomic E-state index is -0.299. The topological polar surface area (TPSA) is 54.3 Å². The Morgan fingerprint density at radius 3 is 2.52 bits per heavy atom. The zero-order valence-corrected chi connectivity index (χ0v) is 15.0. The minimum absolute atomic E-state index is 0.0467. The van der Waals surface area contributed by atoms with Gasteiger partial charge in [0.25, 0.3) is 5.91 Å². The van der Waals surface area contributed by atoms with Gasteiger partial charge >= 0.3 is 0 Å². The lowest BCUT2D eigenvalue weighted by atomic mass is 10.1. The fraction of sp³-hybridized carbons (Fsp3) is 0.600. The summed E-state index contributed by atoms with van der Waals surface area (Å²) >= 11 is 3.39. The summed E-state index contributed by atoms with van der Waals surface area (Å²) in [6.45, 7) is 8.62. The Kier molecular flexibility index (Phi) is 6.01. The van der Waals surface area contributed by atoms with Crippen LogP contribution < -0.4 is 5.32 Å². The number of halogens is 1. The molecule has 1 heterocycles. The van der Waals surface area contributed by atoms with Crippen LogP contribution in [0.4, 0.5) is 0 Å². The van der Waals surface area contributed by atoms with Gasteiger partial charge in [-0.05, 0) is 49.2 Å². The van der Waals surface area contributed by atoms with Crippen LogP contribution in [0.25, 0.3) is 0 Å². The van der Waals surface area contributed by atoms with Crippen LogP contribution in [0.1, 0.15) is 44.6 Å². The standard InChI is InChI=1S/C15H24BrN3O2/c1-6-7-19-9-11(16)8-12(19)14(21)18(5)10-13(20)17-15(2,3)4/h8-9H,6-7,10H2,1-5H3,(H,17,20). The largest absolute Gasteiger partial charge is 0.350 e. The first-order valence-electron chi connectivity index (χ1n) is 7.06. The lowest BCUT2D eigenvalue weighted by Crippen LogP contribution is -2.46. The Bertz CT molecular complexity index is 517. The fourth-order valence-electron chi connectivity index (χ4n) is 2.02. The highest BCUT2D eigenvalue weighted by Crippen LogP contribution is 2.17. The third-order valence-corrected chi connectivity index (χ3v) is 3.22. The molecule has 21 heavy (non-hydrogen) atoms. The molecule has 1 aromatic rings. The summed E-state index contributed by atoms with van der Waals surface area (Å²) in [7, 11) is 1.64. The molecule has 0 aliphatic heterocycles. The van der Waals surface area contributed by atoms with Crippen molar-refractivity contribution in [2.45, 2.75) is 46.2 Å². The Balaban J connectivity index is 2.76. The lowest BCUT2D eigenvalue weighted by Gasteiger charge is -2.23. The molecule has 0 atom stereocenters. The summed E-state index contributed by atoms with van der Waals surface area (Å²) in [6, 6.07) is 1.79. The van der Waals surface area contributed by atoms with E-state index in [2.05, 4.69) is 28.2 Å². The average Bonchev–Trinajstić information content (AvgIpc) is 2.67. The van der Waals surface area contributed by atoms with E-state index in [4.69, 9.17) is 0 Å². The number of rotatable bonds is 5. The number of hydrogen-bond donors (Lipinski definition) is 1. The molecule has 0 fully saturated rings. The first kappa shape index (κ1) is 17.8. The van der Waals surface area contributed by atoms with E-state index in [1.54, 1.807) is 13.1 Å². The van der Waals surface area contributed by atoms with Gasteiger partial charge in [0, 0.05) is 29.8 Å². The van der Waals surface area contributed by atoms with Crippen molar-refractivity contribution in [2.75, 3.05) is 13.6 Å². The fourth-order valence-corrected chi connectivity index (χ4v) is 2.48. The van der Waals surface area contributed by atoms with Gasteiger partial charge in [0.05, 0.1) is 6.54 Å². The molecule has 2 amide bonds. The Labute approximate surface area is 134 Å². The number of carbonyl (C=O) groups is 2. The average molecular weight is 358 g/mol. The molecule has 6 heteroatoms. The van der Waals surface area contributed by atoms with Crippen molar-refractivity contribution >= 4 is 27.7 Å². The molecule has 5 nitrogen and oxygen atoms in total. The van der Waals surface area contributed by atoms with E-state index >= 15 is 0 Å². The minimum Gasteiger partial charge on any atom is -0.350 e. The van der Waals surface area contributed by atoms with Gasteiger partial charge in [0.15, 0.2) is 0 Å². The number of likely N-dealkylation sites (N-methyl/N-ethyl adjacent to an activating group) is 1. The smallest absolute Gasteiger partial charge is 0.270 e. The number of nitrogens with zero attached hydrogens (tertiary/aromatic N) is 2. The molecular weight excluding hydrogens is 334 g/mol. The maximum atomic E-state index is 12.5. The SMILES string of the molecule is CCCn1cc(Br)cc1C(=O)N(C)CC(=O)NC(C)(C)C. The number of amides is 2. The molecule has 0 spiro atoms. The van der Waals surface area contributed by atoms with Crippen LogP contribution in [-0.2, 0) is 11.3 Å². The summed E-state index contributed by atoms with van der Waals surface area (Å²) < 4.78 is 2.77. The predicted octanol–water partition coefficient (Wildman–Crippen LogP) is 2.65. The molecule has 118 valence electrons. The van der Waals surface area contributed by atoms with E-state index in [-0.39, 0.29) is 23.9 Å². The number of hydrogen-bond acceptors (Lipinski definition) is 2. The monoisotopic (exact) mass is 357 g/mol. The normalized spacial score (nSPS) is 11.3. The first-order valence-corrected chi connectivity index (χ1v) is 7.85. The van der Waals surface area contributed by atoms with Gasteiger partial charge in [-0.2, -0.15) is 0 Å². The van der Waals surface area contributed by atoms with Crippen molar-refractivity contribution in [1.82, 2.24) is 14.8 Å². The first-order chi connectivity index (χ1) is 9.64. The Hall–Kier alpha value is -1.30. The highest BCUT2D eigenvalue weighted by Gasteiger charge is 2.21.